The molecule has 1 rings (SSSR count). The number of carbonyl (C=O) groups is 1. The van der Waals surface area contributed by atoms with Gasteiger partial charge in [0.25, 0.3) is 0 Å². The molecular weight excluding hydrogens is 200 g/mol. The Balaban J connectivity index is 2.89. The fourth-order valence-corrected chi connectivity index (χ4v) is 1.20. The minimum atomic E-state index is -0.340. The van der Waals surface area contributed by atoms with Gasteiger partial charge in [0.05, 0.1) is 0 Å². The lowest BCUT2D eigenvalue weighted by molar-refractivity contribution is -0.142. The van der Waals surface area contributed by atoms with E-state index < -0.39 is 0 Å². The molecule has 0 spiro atoms. The molecule has 0 unspecified atom stereocenters. The second kappa shape index (κ2) is 4.69. The van der Waals surface area contributed by atoms with Gasteiger partial charge in [0.1, 0.15) is 6.61 Å². The molecule has 0 fully saturated rings. The van der Waals surface area contributed by atoms with Crippen LogP contribution in [0.4, 0.5) is 0 Å². The van der Waals surface area contributed by atoms with Crippen molar-refractivity contribution in [3.05, 3.63) is 34.3 Å². The maximum Gasteiger partial charge on any atom is 0.302 e. The van der Waals surface area contributed by atoms with Gasteiger partial charge in [-0.3, -0.25) is 4.79 Å². The van der Waals surface area contributed by atoms with Crippen molar-refractivity contribution in [2.24, 2.45) is 0 Å². The molecule has 0 saturated heterocycles. The number of esters is 1. The van der Waals surface area contributed by atoms with Gasteiger partial charge in [-0.15, -0.1) is 6.42 Å². The average Bonchev–Trinajstić information content (AvgIpc) is 2.15. The van der Waals surface area contributed by atoms with Crippen LogP contribution in [0.25, 0.3) is 0 Å². The second-order valence-corrected chi connectivity index (χ2v) is 3.16. The highest BCUT2D eigenvalue weighted by molar-refractivity contribution is 6.30. The highest BCUT2D eigenvalue weighted by Crippen LogP contribution is 2.16. The van der Waals surface area contributed by atoms with Crippen LogP contribution < -0.4 is 0 Å². The van der Waals surface area contributed by atoms with Crippen molar-refractivity contribution in [3.8, 4) is 12.3 Å². The summed E-state index contributed by atoms with van der Waals surface area (Å²) in [5.41, 5.74) is 1.44. The van der Waals surface area contributed by atoms with Crippen LogP contribution >= 0.6 is 11.6 Å². The monoisotopic (exact) mass is 208 g/mol. The molecule has 72 valence electrons. The van der Waals surface area contributed by atoms with E-state index in [1.165, 1.54) is 6.92 Å². The summed E-state index contributed by atoms with van der Waals surface area (Å²) in [6.07, 6.45) is 5.27. The van der Waals surface area contributed by atoms with Crippen molar-refractivity contribution in [3.63, 3.8) is 0 Å². The Morgan fingerprint density at radius 1 is 1.64 bits per heavy atom. The van der Waals surface area contributed by atoms with E-state index in [1.807, 2.05) is 0 Å². The predicted molar refractivity (Wildman–Crippen MR) is 54.9 cm³/mol. The van der Waals surface area contributed by atoms with Gasteiger partial charge in [0, 0.05) is 23.1 Å². The van der Waals surface area contributed by atoms with Gasteiger partial charge in [-0.25, -0.2) is 0 Å². The molecule has 0 heterocycles. The van der Waals surface area contributed by atoms with Crippen LogP contribution in [0.2, 0.25) is 5.02 Å². The SMILES string of the molecule is C#Cc1ccc(Cl)cc1COC(C)=O. The number of halogens is 1. The molecule has 3 heteroatoms. The van der Waals surface area contributed by atoms with Crippen molar-refractivity contribution in [1.82, 2.24) is 0 Å². The molecule has 0 radical (unpaired) electrons. The van der Waals surface area contributed by atoms with E-state index in [0.717, 1.165) is 5.56 Å². The third-order valence-electron chi connectivity index (χ3n) is 1.65. The molecule has 0 aliphatic rings. The summed E-state index contributed by atoms with van der Waals surface area (Å²) in [4.78, 5) is 10.6. The second-order valence-electron chi connectivity index (χ2n) is 2.73. The molecule has 1 aromatic carbocycles. The minimum Gasteiger partial charge on any atom is -0.461 e. The Hall–Kier alpha value is -1.46. The molecule has 0 amide bonds. The Morgan fingerprint density at radius 3 is 2.93 bits per heavy atom. The van der Waals surface area contributed by atoms with Crippen molar-refractivity contribution < 1.29 is 9.53 Å². The first-order valence-corrected chi connectivity index (χ1v) is 4.39. The summed E-state index contributed by atoms with van der Waals surface area (Å²) >= 11 is 5.78. The van der Waals surface area contributed by atoms with Gasteiger partial charge in [-0.05, 0) is 18.2 Å². The van der Waals surface area contributed by atoms with Crippen LogP contribution in [-0.2, 0) is 16.1 Å². The van der Waals surface area contributed by atoms with Crippen LogP contribution in [-0.4, -0.2) is 5.97 Å². The van der Waals surface area contributed by atoms with E-state index in [9.17, 15) is 4.79 Å². The van der Waals surface area contributed by atoms with Gasteiger partial charge in [0.15, 0.2) is 0 Å². The molecule has 0 atom stereocenters. The summed E-state index contributed by atoms with van der Waals surface area (Å²) in [5, 5.41) is 0.575. The Labute approximate surface area is 87.8 Å². The summed E-state index contributed by atoms with van der Waals surface area (Å²) in [6, 6.07) is 5.12. The standard InChI is InChI=1S/C11H9ClO2/c1-3-9-4-5-11(12)6-10(9)7-14-8(2)13/h1,4-6H,7H2,2H3. The third-order valence-corrected chi connectivity index (χ3v) is 1.89. The maximum absolute atomic E-state index is 10.6. The molecule has 0 bridgehead atoms. The highest BCUT2D eigenvalue weighted by Gasteiger charge is 2.03. The largest absolute Gasteiger partial charge is 0.461 e. The van der Waals surface area contributed by atoms with Crippen molar-refractivity contribution in [2.45, 2.75) is 13.5 Å². The molecule has 0 aromatic heterocycles. The zero-order chi connectivity index (χ0) is 10.6. The number of terminal acetylenes is 1. The van der Waals surface area contributed by atoms with E-state index in [2.05, 4.69) is 5.92 Å². The van der Waals surface area contributed by atoms with Crippen LogP contribution in [0.15, 0.2) is 18.2 Å². The molecule has 0 aliphatic heterocycles. The van der Waals surface area contributed by atoms with Crippen LogP contribution in [0.1, 0.15) is 18.1 Å². The van der Waals surface area contributed by atoms with E-state index in [1.54, 1.807) is 18.2 Å². The van der Waals surface area contributed by atoms with Crippen molar-refractivity contribution in [1.29, 1.82) is 0 Å². The first-order valence-electron chi connectivity index (χ1n) is 4.02. The zero-order valence-corrected chi connectivity index (χ0v) is 8.47. The fourth-order valence-electron chi connectivity index (χ4n) is 1.00. The first-order chi connectivity index (χ1) is 6.63. The van der Waals surface area contributed by atoms with E-state index >= 15 is 0 Å². The Kier molecular flexibility index (Phi) is 3.55. The van der Waals surface area contributed by atoms with Gasteiger partial charge < -0.3 is 4.74 Å². The van der Waals surface area contributed by atoms with E-state index in [4.69, 9.17) is 22.8 Å². The van der Waals surface area contributed by atoms with Gasteiger partial charge >= 0.3 is 5.97 Å². The fraction of sp³-hybridized carbons (Fsp3) is 0.182. The number of ether oxygens (including phenoxy) is 1. The van der Waals surface area contributed by atoms with Crippen molar-refractivity contribution in [2.75, 3.05) is 0 Å². The lowest BCUT2D eigenvalue weighted by Gasteiger charge is -2.05. The quantitative estimate of drug-likeness (QED) is 0.551. The van der Waals surface area contributed by atoms with Crippen LogP contribution in [0.3, 0.4) is 0 Å². The number of benzene rings is 1. The molecule has 0 saturated carbocycles. The zero-order valence-electron chi connectivity index (χ0n) is 7.71. The summed E-state index contributed by atoms with van der Waals surface area (Å²) in [6.45, 7) is 1.51. The number of hydrogen-bond donors (Lipinski definition) is 0. The third kappa shape index (κ3) is 2.79. The predicted octanol–water partition coefficient (Wildman–Crippen LogP) is 2.38. The lowest BCUT2D eigenvalue weighted by Crippen LogP contribution is -2.00. The molecule has 2 nitrogen and oxygen atoms in total. The number of rotatable bonds is 2. The minimum absolute atomic E-state index is 0.162. The maximum atomic E-state index is 10.6. The topological polar surface area (TPSA) is 26.3 Å². The van der Waals surface area contributed by atoms with Crippen LogP contribution in [0, 0.1) is 12.3 Å². The highest BCUT2D eigenvalue weighted by atomic mass is 35.5. The Bertz CT molecular complexity index is 391. The molecule has 1 aromatic rings. The van der Waals surface area contributed by atoms with Crippen LogP contribution in [0.5, 0.6) is 0 Å². The molecule has 0 aliphatic carbocycles. The lowest BCUT2D eigenvalue weighted by atomic mass is 10.1. The summed E-state index contributed by atoms with van der Waals surface area (Å²) in [5.74, 6) is 2.16. The molecule has 0 N–H and O–H groups in total. The first kappa shape index (κ1) is 10.6. The van der Waals surface area contributed by atoms with E-state index in [0.29, 0.717) is 10.6 Å². The van der Waals surface area contributed by atoms with E-state index in [-0.39, 0.29) is 12.6 Å². The van der Waals surface area contributed by atoms with Gasteiger partial charge in [0.2, 0.25) is 0 Å². The number of carbonyl (C=O) groups excluding carboxylic acids is 1. The molecular formula is C11H9ClO2. The summed E-state index contributed by atoms with van der Waals surface area (Å²) < 4.78 is 4.83. The average molecular weight is 209 g/mol. The van der Waals surface area contributed by atoms with Crippen molar-refractivity contribution >= 4 is 17.6 Å². The normalized spacial score (nSPS) is 9.21. The smallest absolute Gasteiger partial charge is 0.302 e. The summed E-state index contributed by atoms with van der Waals surface area (Å²) in [7, 11) is 0. The molecule has 14 heavy (non-hydrogen) atoms. The van der Waals surface area contributed by atoms with Gasteiger partial charge in [-0.1, -0.05) is 17.5 Å². The van der Waals surface area contributed by atoms with Gasteiger partial charge in [-0.2, -0.15) is 0 Å². The Morgan fingerprint density at radius 2 is 2.36 bits per heavy atom. The number of hydrogen-bond acceptors (Lipinski definition) is 2.